The van der Waals surface area contributed by atoms with Crippen LogP contribution >= 0.6 is 0 Å². The molecule has 100 valence electrons. The molecule has 1 aliphatic rings. The second kappa shape index (κ2) is 6.29. The lowest BCUT2D eigenvalue weighted by Gasteiger charge is -2.36. The van der Waals surface area contributed by atoms with Gasteiger partial charge in [-0.3, -0.25) is 16.2 Å². The SMILES string of the molecule is CCN1CCOC(C(NN)c2ccccc2C)C1. The molecule has 2 rings (SSSR count). The van der Waals surface area contributed by atoms with E-state index in [-0.39, 0.29) is 12.1 Å². The molecule has 3 N–H and O–H groups in total. The van der Waals surface area contributed by atoms with E-state index >= 15 is 0 Å². The predicted octanol–water partition coefficient (Wildman–Crippen LogP) is 1.22. The summed E-state index contributed by atoms with van der Waals surface area (Å²) in [6.45, 7) is 8.08. The summed E-state index contributed by atoms with van der Waals surface area (Å²) in [7, 11) is 0. The Bertz CT molecular complexity index is 383. The topological polar surface area (TPSA) is 50.5 Å². The molecule has 18 heavy (non-hydrogen) atoms. The molecule has 1 heterocycles. The van der Waals surface area contributed by atoms with E-state index in [1.807, 2.05) is 12.1 Å². The van der Waals surface area contributed by atoms with Crippen molar-refractivity contribution in [3.8, 4) is 0 Å². The minimum absolute atomic E-state index is 0.0561. The van der Waals surface area contributed by atoms with Gasteiger partial charge in [0.2, 0.25) is 0 Å². The molecule has 0 aliphatic carbocycles. The Morgan fingerprint density at radius 1 is 1.50 bits per heavy atom. The third-order valence-electron chi connectivity index (χ3n) is 3.70. The minimum atomic E-state index is 0.0561. The lowest BCUT2D eigenvalue weighted by molar-refractivity contribution is -0.0457. The van der Waals surface area contributed by atoms with E-state index in [0.717, 1.165) is 26.2 Å². The average molecular weight is 249 g/mol. The maximum atomic E-state index is 5.89. The first-order chi connectivity index (χ1) is 8.76. The number of nitrogens with one attached hydrogen (secondary N) is 1. The fraction of sp³-hybridized carbons (Fsp3) is 0.571. The van der Waals surface area contributed by atoms with Crippen molar-refractivity contribution in [3.05, 3.63) is 35.4 Å². The number of hydrogen-bond acceptors (Lipinski definition) is 4. The molecule has 0 spiro atoms. The largest absolute Gasteiger partial charge is 0.374 e. The molecule has 1 aliphatic heterocycles. The third kappa shape index (κ3) is 2.90. The van der Waals surface area contributed by atoms with Crippen LogP contribution in [0.15, 0.2) is 24.3 Å². The number of likely N-dealkylation sites (N-methyl/N-ethyl adjacent to an activating group) is 1. The Hall–Kier alpha value is -0.940. The predicted molar refractivity (Wildman–Crippen MR) is 73.1 cm³/mol. The van der Waals surface area contributed by atoms with Crippen molar-refractivity contribution < 1.29 is 4.74 Å². The first-order valence-corrected chi connectivity index (χ1v) is 6.62. The van der Waals surface area contributed by atoms with Gasteiger partial charge in [-0.2, -0.15) is 0 Å². The summed E-state index contributed by atoms with van der Waals surface area (Å²) < 4.78 is 5.89. The number of nitrogens with zero attached hydrogens (tertiary/aromatic N) is 1. The van der Waals surface area contributed by atoms with Crippen molar-refractivity contribution >= 4 is 0 Å². The van der Waals surface area contributed by atoms with Crippen LogP contribution in [0.5, 0.6) is 0 Å². The van der Waals surface area contributed by atoms with Gasteiger partial charge in [-0.05, 0) is 24.6 Å². The van der Waals surface area contributed by atoms with Gasteiger partial charge in [0, 0.05) is 13.1 Å². The van der Waals surface area contributed by atoms with Crippen molar-refractivity contribution in [1.82, 2.24) is 10.3 Å². The van der Waals surface area contributed by atoms with Gasteiger partial charge in [-0.15, -0.1) is 0 Å². The quantitative estimate of drug-likeness (QED) is 0.622. The lowest BCUT2D eigenvalue weighted by Crippen LogP contribution is -2.49. The van der Waals surface area contributed by atoms with Crippen LogP contribution in [0.1, 0.15) is 24.1 Å². The molecule has 1 saturated heterocycles. The number of morpholine rings is 1. The molecule has 0 aromatic heterocycles. The van der Waals surface area contributed by atoms with Crippen LogP contribution in [-0.4, -0.2) is 37.2 Å². The Labute approximate surface area is 109 Å². The minimum Gasteiger partial charge on any atom is -0.374 e. The Morgan fingerprint density at radius 2 is 2.28 bits per heavy atom. The summed E-state index contributed by atoms with van der Waals surface area (Å²) in [5.41, 5.74) is 5.39. The molecule has 4 heteroatoms. The highest BCUT2D eigenvalue weighted by Gasteiger charge is 2.28. The standard InChI is InChI=1S/C14H23N3O/c1-3-17-8-9-18-13(10-17)14(16-15)12-7-5-4-6-11(12)2/h4-7,13-14,16H,3,8-10,15H2,1-2H3. The number of nitrogens with two attached hydrogens (primary N) is 1. The lowest BCUT2D eigenvalue weighted by atomic mass is 9.96. The highest BCUT2D eigenvalue weighted by Crippen LogP contribution is 2.24. The van der Waals surface area contributed by atoms with E-state index in [2.05, 4.69) is 36.3 Å². The fourth-order valence-electron chi connectivity index (χ4n) is 2.55. The summed E-state index contributed by atoms with van der Waals surface area (Å²) in [6.07, 6.45) is 0.116. The van der Waals surface area contributed by atoms with Gasteiger partial charge in [-0.1, -0.05) is 31.2 Å². The van der Waals surface area contributed by atoms with Gasteiger partial charge >= 0.3 is 0 Å². The maximum absolute atomic E-state index is 5.89. The number of benzene rings is 1. The number of ether oxygens (including phenoxy) is 1. The molecule has 2 unspecified atom stereocenters. The summed E-state index contributed by atoms with van der Waals surface area (Å²) in [5.74, 6) is 5.74. The van der Waals surface area contributed by atoms with E-state index in [0.29, 0.717) is 0 Å². The van der Waals surface area contributed by atoms with E-state index in [1.54, 1.807) is 0 Å². The Balaban J connectivity index is 2.15. The smallest absolute Gasteiger partial charge is 0.0909 e. The van der Waals surface area contributed by atoms with E-state index in [1.165, 1.54) is 11.1 Å². The van der Waals surface area contributed by atoms with Gasteiger partial charge in [0.05, 0.1) is 18.8 Å². The fourth-order valence-corrected chi connectivity index (χ4v) is 2.55. The van der Waals surface area contributed by atoms with E-state index in [9.17, 15) is 0 Å². The van der Waals surface area contributed by atoms with Crippen LogP contribution in [0.25, 0.3) is 0 Å². The van der Waals surface area contributed by atoms with Gasteiger partial charge in [-0.25, -0.2) is 0 Å². The number of hydrogen-bond donors (Lipinski definition) is 2. The molecule has 0 bridgehead atoms. The molecule has 1 fully saturated rings. The van der Waals surface area contributed by atoms with Crippen LogP contribution < -0.4 is 11.3 Å². The molecule has 0 radical (unpaired) electrons. The molecule has 1 aromatic rings. The molecule has 1 aromatic carbocycles. The van der Waals surface area contributed by atoms with Crippen LogP contribution in [0.3, 0.4) is 0 Å². The summed E-state index contributed by atoms with van der Waals surface area (Å²) in [5, 5.41) is 0. The second-order valence-corrected chi connectivity index (χ2v) is 4.80. The van der Waals surface area contributed by atoms with E-state index < -0.39 is 0 Å². The molecule has 2 atom stereocenters. The summed E-state index contributed by atoms with van der Waals surface area (Å²) in [4.78, 5) is 2.40. The Kier molecular flexibility index (Phi) is 4.72. The zero-order valence-corrected chi connectivity index (χ0v) is 11.2. The summed E-state index contributed by atoms with van der Waals surface area (Å²) >= 11 is 0. The van der Waals surface area contributed by atoms with Crippen molar-refractivity contribution in [1.29, 1.82) is 0 Å². The zero-order chi connectivity index (χ0) is 13.0. The Morgan fingerprint density at radius 3 is 2.94 bits per heavy atom. The first kappa shape index (κ1) is 13.5. The zero-order valence-electron chi connectivity index (χ0n) is 11.2. The number of aryl methyl sites for hydroxylation is 1. The van der Waals surface area contributed by atoms with Gasteiger partial charge in [0.15, 0.2) is 0 Å². The monoisotopic (exact) mass is 249 g/mol. The average Bonchev–Trinajstić information content (AvgIpc) is 2.42. The van der Waals surface area contributed by atoms with Crippen LogP contribution in [0.4, 0.5) is 0 Å². The van der Waals surface area contributed by atoms with Crippen molar-refractivity contribution in [2.24, 2.45) is 5.84 Å². The third-order valence-corrected chi connectivity index (χ3v) is 3.70. The van der Waals surface area contributed by atoms with Crippen LogP contribution in [0.2, 0.25) is 0 Å². The highest BCUT2D eigenvalue weighted by atomic mass is 16.5. The van der Waals surface area contributed by atoms with Gasteiger partial charge in [0.1, 0.15) is 0 Å². The number of rotatable bonds is 4. The van der Waals surface area contributed by atoms with Crippen molar-refractivity contribution in [2.75, 3.05) is 26.2 Å². The molecule has 0 saturated carbocycles. The maximum Gasteiger partial charge on any atom is 0.0909 e. The second-order valence-electron chi connectivity index (χ2n) is 4.80. The van der Waals surface area contributed by atoms with Gasteiger partial charge < -0.3 is 4.74 Å². The molecular formula is C14H23N3O. The van der Waals surface area contributed by atoms with Crippen LogP contribution in [0, 0.1) is 6.92 Å². The molecule has 4 nitrogen and oxygen atoms in total. The highest BCUT2D eigenvalue weighted by molar-refractivity contribution is 5.29. The first-order valence-electron chi connectivity index (χ1n) is 6.62. The van der Waals surface area contributed by atoms with Gasteiger partial charge in [0.25, 0.3) is 0 Å². The van der Waals surface area contributed by atoms with E-state index in [4.69, 9.17) is 10.6 Å². The molecular weight excluding hydrogens is 226 g/mol. The van der Waals surface area contributed by atoms with Crippen LogP contribution in [-0.2, 0) is 4.74 Å². The summed E-state index contributed by atoms with van der Waals surface area (Å²) in [6, 6.07) is 8.38. The van der Waals surface area contributed by atoms with Crippen molar-refractivity contribution in [2.45, 2.75) is 26.0 Å². The number of hydrazine groups is 1. The normalized spacial score (nSPS) is 22.9. The molecule has 0 amide bonds. The van der Waals surface area contributed by atoms with Crippen molar-refractivity contribution in [3.63, 3.8) is 0 Å².